The highest BCUT2D eigenvalue weighted by Crippen LogP contribution is 2.16. The molecule has 0 aromatic rings. The molecule has 0 fully saturated rings. The van der Waals surface area contributed by atoms with Gasteiger partial charge in [-0.05, 0) is 96.3 Å². The van der Waals surface area contributed by atoms with Crippen LogP contribution in [0.1, 0.15) is 290 Å². The van der Waals surface area contributed by atoms with Crippen molar-refractivity contribution in [2.24, 2.45) is 0 Å². The molecule has 0 amide bonds. The van der Waals surface area contributed by atoms with E-state index in [0.29, 0.717) is 19.4 Å². The van der Waals surface area contributed by atoms with Crippen molar-refractivity contribution in [3.05, 3.63) is 85.1 Å². The van der Waals surface area contributed by atoms with Crippen LogP contribution in [0.2, 0.25) is 0 Å². The Kier molecular flexibility index (Phi) is 57.9. The first-order valence-corrected chi connectivity index (χ1v) is 30.1. The van der Waals surface area contributed by atoms with E-state index in [1.165, 1.54) is 154 Å². The van der Waals surface area contributed by atoms with E-state index >= 15 is 0 Å². The Morgan fingerprint density at radius 1 is 0.329 bits per heavy atom. The highest BCUT2D eigenvalue weighted by Gasteiger charge is 2.17. The van der Waals surface area contributed by atoms with Gasteiger partial charge in [-0.2, -0.15) is 0 Å². The van der Waals surface area contributed by atoms with E-state index < -0.39 is 6.10 Å². The van der Waals surface area contributed by atoms with Crippen molar-refractivity contribution in [2.45, 2.75) is 297 Å². The Hall–Kier alpha value is -2.92. The zero-order valence-electron chi connectivity index (χ0n) is 46.5. The van der Waals surface area contributed by atoms with Gasteiger partial charge in [0.1, 0.15) is 6.61 Å². The van der Waals surface area contributed by atoms with Crippen molar-refractivity contribution < 1.29 is 23.8 Å². The van der Waals surface area contributed by atoms with Crippen LogP contribution in [0.4, 0.5) is 0 Å². The third-order valence-corrected chi connectivity index (χ3v) is 12.9. The number of rotatable bonds is 55. The number of esters is 2. The van der Waals surface area contributed by atoms with Crippen molar-refractivity contribution >= 4 is 11.9 Å². The molecule has 1 atom stereocenters. The fraction of sp³-hybridized carbons (Fsp3) is 0.754. The molecule has 0 N–H and O–H groups in total. The first-order chi connectivity index (χ1) is 34.6. The molecule has 5 nitrogen and oxygen atoms in total. The van der Waals surface area contributed by atoms with Gasteiger partial charge in [-0.15, -0.1) is 0 Å². The summed E-state index contributed by atoms with van der Waals surface area (Å²) in [6, 6.07) is 0. The zero-order chi connectivity index (χ0) is 50.6. The number of ether oxygens (including phenoxy) is 3. The summed E-state index contributed by atoms with van der Waals surface area (Å²) in [7, 11) is 0. The zero-order valence-corrected chi connectivity index (χ0v) is 46.5. The molecule has 0 aliphatic heterocycles. The molecule has 0 radical (unpaired) electrons. The van der Waals surface area contributed by atoms with Crippen molar-refractivity contribution in [1.29, 1.82) is 0 Å². The van der Waals surface area contributed by atoms with Gasteiger partial charge in [0.15, 0.2) is 6.10 Å². The van der Waals surface area contributed by atoms with E-state index in [2.05, 4.69) is 106 Å². The summed E-state index contributed by atoms with van der Waals surface area (Å²) in [4.78, 5) is 25.5. The number of hydrogen-bond donors (Lipinski definition) is 0. The third kappa shape index (κ3) is 57.7. The second-order valence-electron chi connectivity index (χ2n) is 19.9. The maximum atomic E-state index is 12.9. The number of carbonyl (C=O) groups is 2. The molecule has 0 aromatic heterocycles. The molecule has 0 rings (SSSR count). The van der Waals surface area contributed by atoms with Crippen LogP contribution in [0.3, 0.4) is 0 Å². The van der Waals surface area contributed by atoms with Crippen molar-refractivity contribution in [2.75, 3.05) is 19.8 Å². The fourth-order valence-electron chi connectivity index (χ4n) is 8.45. The first kappa shape index (κ1) is 67.1. The molecular formula is C65H114O5. The quantitative estimate of drug-likeness (QED) is 0.0345. The van der Waals surface area contributed by atoms with Crippen LogP contribution in [-0.4, -0.2) is 37.9 Å². The van der Waals surface area contributed by atoms with Crippen LogP contribution in [0.5, 0.6) is 0 Å². The van der Waals surface area contributed by atoms with E-state index in [1.54, 1.807) is 0 Å². The van der Waals surface area contributed by atoms with Gasteiger partial charge in [-0.3, -0.25) is 9.59 Å². The average Bonchev–Trinajstić information content (AvgIpc) is 3.36. The van der Waals surface area contributed by atoms with Gasteiger partial charge >= 0.3 is 11.9 Å². The van der Waals surface area contributed by atoms with Crippen LogP contribution >= 0.6 is 0 Å². The lowest BCUT2D eigenvalue weighted by molar-refractivity contribution is -0.163. The molecule has 0 bridgehead atoms. The molecule has 0 aromatic carbocycles. The highest BCUT2D eigenvalue weighted by atomic mass is 16.6. The SMILES string of the molecule is CC/C=C\C/C=C\C/C=C\C/C=C\C/C=C\CCCCCC(=O)OCC(COCCCCCCCCCCCCCCCCCCCCCC)OC(=O)CCCCCCC/C=C\C/C=C\CCCCC. The Morgan fingerprint density at radius 3 is 1.07 bits per heavy atom. The van der Waals surface area contributed by atoms with Gasteiger partial charge in [0.05, 0.1) is 6.61 Å². The summed E-state index contributed by atoms with van der Waals surface area (Å²) < 4.78 is 17.5. The van der Waals surface area contributed by atoms with E-state index in [0.717, 1.165) is 103 Å². The van der Waals surface area contributed by atoms with E-state index in [4.69, 9.17) is 14.2 Å². The average molecular weight is 976 g/mol. The van der Waals surface area contributed by atoms with Crippen LogP contribution in [0, 0.1) is 0 Å². The van der Waals surface area contributed by atoms with Gasteiger partial charge < -0.3 is 14.2 Å². The maximum absolute atomic E-state index is 12.9. The van der Waals surface area contributed by atoms with Crippen molar-refractivity contribution in [3.63, 3.8) is 0 Å². The summed E-state index contributed by atoms with van der Waals surface area (Å²) in [6.45, 7) is 7.68. The van der Waals surface area contributed by atoms with Gasteiger partial charge in [0.2, 0.25) is 0 Å². The van der Waals surface area contributed by atoms with Crippen molar-refractivity contribution in [3.8, 4) is 0 Å². The van der Waals surface area contributed by atoms with Gasteiger partial charge in [-0.25, -0.2) is 0 Å². The smallest absolute Gasteiger partial charge is 0.306 e. The number of unbranched alkanes of at least 4 members (excludes halogenated alkanes) is 30. The fourth-order valence-corrected chi connectivity index (χ4v) is 8.45. The lowest BCUT2D eigenvalue weighted by atomic mass is 10.0. The molecule has 0 saturated carbocycles. The standard InChI is InChI=1S/C65H114O5/c1-4-7-10-13-16-19-22-25-28-30-32-34-36-39-42-45-48-51-54-57-60-68-61-63(70-65(67)59-56-53-50-47-44-41-37-27-24-21-18-15-12-9-6-3)62-69-64(66)58-55-52-49-46-43-40-38-35-33-31-29-26-23-20-17-14-11-8-5-2/h8,11,17-18,20-21,26-27,29,33,35,37,40,43,63H,4-7,9-10,12-16,19,22-25,28,30-32,34,36,38-39,41-42,44-62H2,1-3H3/b11-8-,20-17-,21-18-,29-26-,35-33-,37-27-,43-40-. The molecule has 0 heterocycles. The van der Waals surface area contributed by atoms with Gasteiger partial charge in [-0.1, -0.05) is 266 Å². The summed E-state index contributed by atoms with van der Waals surface area (Å²) >= 11 is 0. The van der Waals surface area contributed by atoms with E-state index in [9.17, 15) is 9.59 Å². The monoisotopic (exact) mass is 975 g/mol. The second-order valence-corrected chi connectivity index (χ2v) is 19.9. The minimum Gasteiger partial charge on any atom is -0.462 e. The van der Waals surface area contributed by atoms with Crippen LogP contribution in [0.25, 0.3) is 0 Å². The van der Waals surface area contributed by atoms with E-state index in [-0.39, 0.29) is 25.2 Å². The van der Waals surface area contributed by atoms with Gasteiger partial charge in [0, 0.05) is 19.4 Å². The third-order valence-electron chi connectivity index (χ3n) is 12.9. The minimum absolute atomic E-state index is 0.0615. The van der Waals surface area contributed by atoms with E-state index in [1.807, 2.05) is 0 Å². The first-order valence-electron chi connectivity index (χ1n) is 30.1. The summed E-state index contributed by atoms with van der Waals surface area (Å²) in [5, 5.41) is 0. The molecule has 0 spiro atoms. The Balaban J connectivity index is 4.32. The van der Waals surface area contributed by atoms with Gasteiger partial charge in [0.25, 0.3) is 0 Å². The molecule has 70 heavy (non-hydrogen) atoms. The molecule has 0 aliphatic rings. The summed E-state index contributed by atoms with van der Waals surface area (Å²) in [5.41, 5.74) is 0. The predicted molar refractivity (Wildman–Crippen MR) is 307 cm³/mol. The normalized spacial score (nSPS) is 12.8. The molecule has 5 heteroatoms. The number of carbonyl (C=O) groups excluding carboxylic acids is 2. The lowest BCUT2D eigenvalue weighted by Gasteiger charge is -2.18. The van der Waals surface area contributed by atoms with Crippen LogP contribution in [0.15, 0.2) is 85.1 Å². The van der Waals surface area contributed by atoms with Crippen LogP contribution < -0.4 is 0 Å². The number of allylic oxidation sites excluding steroid dienone is 14. The Labute approximate surface area is 435 Å². The summed E-state index contributed by atoms with van der Waals surface area (Å²) in [5.74, 6) is -0.442. The Morgan fingerprint density at radius 2 is 0.643 bits per heavy atom. The highest BCUT2D eigenvalue weighted by molar-refractivity contribution is 5.70. The lowest BCUT2D eigenvalue weighted by Crippen LogP contribution is -2.30. The molecule has 1 unspecified atom stereocenters. The molecular weight excluding hydrogens is 861 g/mol. The summed E-state index contributed by atoms with van der Waals surface area (Å²) in [6.07, 6.45) is 80.4. The Bertz CT molecular complexity index is 1290. The topological polar surface area (TPSA) is 61.8 Å². The second kappa shape index (κ2) is 60.4. The largest absolute Gasteiger partial charge is 0.462 e. The van der Waals surface area contributed by atoms with Crippen LogP contribution in [-0.2, 0) is 23.8 Å². The van der Waals surface area contributed by atoms with Crippen molar-refractivity contribution in [1.82, 2.24) is 0 Å². The predicted octanol–water partition coefficient (Wildman–Crippen LogP) is 20.8. The molecule has 0 saturated heterocycles. The molecule has 404 valence electrons. The molecule has 0 aliphatic carbocycles. The maximum Gasteiger partial charge on any atom is 0.306 e. The minimum atomic E-state index is -0.560. The number of hydrogen-bond acceptors (Lipinski definition) is 5.